The lowest BCUT2D eigenvalue weighted by Gasteiger charge is -2.21. The molecule has 1 saturated heterocycles. The van der Waals surface area contributed by atoms with E-state index in [9.17, 15) is 9.59 Å². The number of carbonyl (C=O) groups excluding carboxylic acids is 2. The third-order valence-electron chi connectivity index (χ3n) is 4.75. The molecule has 0 aromatic heterocycles. The van der Waals surface area contributed by atoms with E-state index in [1.54, 1.807) is 18.2 Å². The number of Topliss-reactive ketones (excluding diaryl/α,β-unsaturated/α-hetero) is 1. The number of nitrogens with zero attached hydrogens (tertiary/aromatic N) is 1. The van der Waals surface area contributed by atoms with Crippen molar-refractivity contribution < 1.29 is 19.1 Å². The maximum atomic E-state index is 12.4. The van der Waals surface area contributed by atoms with Crippen LogP contribution >= 0.6 is 12.4 Å². The zero-order valence-electron chi connectivity index (χ0n) is 14.4. The van der Waals surface area contributed by atoms with Gasteiger partial charge >= 0.3 is 0 Å². The maximum absolute atomic E-state index is 12.4. The van der Waals surface area contributed by atoms with Crippen molar-refractivity contribution in [2.45, 2.75) is 32.2 Å². The number of benzene rings is 1. The molecule has 1 fully saturated rings. The minimum absolute atomic E-state index is 0. The largest absolute Gasteiger partial charge is 0.486 e. The summed E-state index contributed by atoms with van der Waals surface area (Å²) in [6, 6.07) is 5.38. The molecule has 1 aromatic rings. The molecule has 0 bridgehead atoms. The zero-order chi connectivity index (χ0) is 17.1. The number of fused-ring (bicyclic) bond motifs is 1. The Morgan fingerprint density at radius 1 is 1.20 bits per heavy atom. The lowest BCUT2D eigenvalue weighted by atomic mass is 10.1. The van der Waals surface area contributed by atoms with E-state index in [4.69, 9.17) is 15.2 Å². The minimum atomic E-state index is -0.0532. The summed E-state index contributed by atoms with van der Waals surface area (Å²) < 4.78 is 10.9. The Balaban J connectivity index is 0.00000225. The van der Waals surface area contributed by atoms with E-state index >= 15 is 0 Å². The van der Waals surface area contributed by atoms with Gasteiger partial charge in [-0.2, -0.15) is 0 Å². The van der Waals surface area contributed by atoms with Gasteiger partial charge in [0.05, 0.1) is 0 Å². The Kier molecular flexibility index (Phi) is 6.67. The summed E-state index contributed by atoms with van der Waals surface area (Å²) >= 11 is 0. The van der Waals surface area contributed by atoms with Crippen LogP contribution in [0.4, 0.5) is 0 Å². The molecule has 2 N–H and O–H groups in total. The van der Waals surface area contributed by atoms with Crippen LogP contribution in [-0.2, 0) is 4.79 Å². The van der Waals surface area contributed by atoms with E-state index in [1.165, 1.54) is 0 Å². The van der Waals surface area contributed by atoms with E-state index in [0.717, 1.165) is 6.42 Å². The summed E-state index contributed by atoms with van der Waals surface area (Å²) in [5, 5.41) is 0. The van der Waals surface area contributed by atoms with Crippen molar-refractivity contribution in [1.82, 2.24) is 4.90 Å². The van der Waals surface area contributed by atoms with Crippen molar-refractivity contribution >= 4 is 24.1 Å². The molecule has 0 aliphatic carbocycles. The number of ether oxygens (including phenoxy) is 2. The van der Waals surface area contributed by atoms with Gasteiger partial charge in [0.2, 0.25) is 5.91 Å². The van der Waals surface area contributed by atoms with Crippen LogP contribution in [0.3, 0.4) is 0 Å². The molecule has 2 aliphatic rings. The van der Waals surface area contributed by atoms with Gasteiger partial charge in [-0.15, -0.1) is 12.4 Å². The topological polar surface area (TPSA) is 81.9 Å². The Morgan fingerprint density at radius 3 is 2.60 bits per heavy atom. The molecular formula is C18H25ClN2O4. The van der Waals surface area contributed by atoms with Gasteiger partial charge in [-0.3, -0.25) is 9.59 Å². The molecule has 25 heavy (non-hydrogen) atoms. The lowest BCUT2D eigenvalue weighted by Crippen LogP contribution is -2.34. The number of hydrogen-bond donors (Lipinski definition) is 1. The minimum Gasteiger partial charge on any atom is -0.486 e. The molecule has 0 radical (unpaired) electrons. The Bertz CT molecular complexity index is 638. The molecule has 2 atom stereocenters. The number of likely N-dealkylation sites (tertiary alicyclic amines) is 1. The van der Waals surface area contributed by atoms with E-state index in [0.29, 0.717) is 49.3 Å². The zero-order valence-corrected chi connectivity index (χ0v) is 15.2. The third-order valence-corrected chi connectivity index (χ3v) is 4.75. The van der Waals surface area contributed by atoms with Gasteiger partial charge in [0.25, 0.3) is 0 Å². The predicted molar refractivity (Wildman–Crippen MR) is 96.6 cm³/mol. The van der Waals surface area contributed by atoms with Crippen LogP contribution in [0.15, 0.2) is 18.2 Å². The number of nitrogens with two attached hydrogens (primary N) is 1. The van der Waals surface area contributed by atoms with Crippen LogP contribution in [0.5, 0.6) is 11.5 Å². The van der Waals surface area contributed by atoms with Crippen LogP contribution in [0, 0.1) is 5.92 Å². The Hall–Kier alpha value is -1.79. The smallest absolute Gasteiger partial charge is 0.223 e. The van der Waals surface area contributed by atoms with E-state index in [2.05, 4.69) is 0 Å². The number of hydrogen-bond acceptors (Lipinski definition) is 5. The highest BCUT2D eigenvalue weighted by molar-refractivity contribution is 5.98. The van der Waals surface area contributed by atoms with Gasteiger partial charge in [-0.1, -0.05) is 0 Å². The molecule has 3 rings (SSSR count). The normalized spacial score (nSPS) is 21.6. The Labute approximate surface area is 154 Å². The molecular weight excluding hydrogens is 344 g/mol. The van der Waals surface area contributed by atoms with E-state index in [1.807, 2.05) is 11.8 Å². The monoisotopic (exact) mass is 368 g/mol. The van der Waals surface area contributed by atoms with Crippen molar-refractivity contribution in [2.75, 3.05) is 26.3 Å². The fraction of sp³-hybridized carbons (Fsp3) is 0.556. The number of rotatable bonds is 5. The molecule has 2 unspecified atom stereocenters. The molecule has 2 aliphatic heterocycles. The molecule has 1 amide bonds. The first-order valence-electron chi connectivity index (χ1n) is 8.51. The molecule has 7 heteroatoms. The summed E-state index contributed by atoms with van der Waals surface area (Å²) in [4.78, 5) is 26.6. The van der Waals surface area contributed by atoms with Gasteiger partial charge in [0.1, 0.15) is 13.2 Å². The van der Waals surface area contributed by atoms with Crippen LogP contribution in [0.25, 0.3) is 0 Å². The van der Waals surface area contributed by atoms with E-state index < -0.39 is 0 Å². The second-order valence-electron chi connectivity index (χ2n) is 6.51. The molecule has 0 saturated carbocycles. The summed E-state index contributed by atoms with van der Waals surface area (Å²) in [6.45, 7) is 4.35. The summed E-state index contributed by atoms with van der Waals surface area (Å²) in [6.07, 6.45) is 1.38. The quantitative estimate of drug-likeness (QED) is 0.804. The van der Waals surface area contributed by atoms with Crippen molar-refractivity contribution in [3.63, 3.8) is 0 Å². The van der Waals surface area contributed by atoms with Gasteiger partial charge in [0, 0.05) is 31.0 Å². The molecule has 138 valence electrons. The van der Waals surface area contributed by atoms with Crippen molar-refractivity contribution in [3.05, 3.63) is 23.8 Å². The first-order valence-corrected chi connectivity index (χ1v) is 8.51. The highest BCUT2D eigenvalue weighted by Gasteiger charge is 2.31. The average Bonchev–Trinajstić information content (AvgIpc) is 3.00. The predicted octanol–water partition coefficient (Wildman–Crippen LogP) is 2.04. The summed E-state index contributed by atoms with van der Waals surface area (Å²) in [5.41, 5.74) is 6.25. The second-order valence-corrected chi connectivity index (χ2v) is 6.51. The average molecular weight is 369 g/mol. The third kappa shape index (κ3) is 4.44. The second kappa shape index (κ2) is 8.54. The summed E-state index contributed by atoms with van der Waals surface area (Å²) in [5.74, 6) is 1.61. The lowest BCUT2D eigenvalue weighted by molar-refractivity contribution is -0.131. The standard InChI is InChI=1S/C18H24N2O4.ClH/c1-12-8-13(10-19)11-20(12)18(22)5-3-15(21)14-2-4-16-17(9-14)24-7-6-23-16;/h2,4,9,12-13H,3,5-8,10-11,19H2,1H3;1H. The highest BCUT2D eigenvalue weighted by Crippen LogP contribution is 2.31. The molecule has 1 aromatic carbocycles. The van der Waals surface area contributed by atoms with Crippen LogP contribution < -0.4 is 15.2 Å². The van der Waals surface area contributed by atoms with Crippen molar-refractivity contribution in [1.29, 1.82) is 0 Å². The van der Waals surface area contributed by atoms with Crippen molar-refractivity contribution in [2.24, 2.45) is 11.7 Å². The molecule has 6 nitrogen and oxygen atoms in total. The highest BCUT2D eigenvalue weighted by atomic mass is 35.5. The number of halogens is 1. The number of ketones is 1. The van der Waals surface area contributed by atoms with Crippen LogP contribution in [0.1, 0.15) is 36.5 Å². The first-order chi connectivity index (χ1) is 11.6. The van der Waals surface area contributed by atoms with Crippen molar-refractivity contribution in [3.8, 4) is 11.5 Å². The number of carbonyl (C=O) groups is 2. The Morgan fingerprint density at radius 2 is 1.92 bits per heavy atom. The molecule has 2 heterocycles. The van der Waals surface area contributed by atoms with Crippen LogP contribution in [0.2, 0.25) is 0 Å². The summed E-state index contributed by atoms with van der Waals surface area (Å²) in [7, 11) is 0. The van der Waals surface area contributed by atoms with E-state index in [-0.39, 0.29) is 43.0 Å². The SMILES string of the molecule is CC1CC(CN)CN1C(=O)CCC(=O)c1ccc2c(c1)OCCO2.Cl. The van der Waals surface area contributed by atoms with Gasteiger partial charge in [-0.25, -0.2) is 0 Å². The van der Waals surface area contributed by atoms with Gasteiger partial charge in [0.15, 0.2) is 17.3 Å². The van der Waals surface area contributed by atoms with Gasteiger partial charge in [-0.05, 0) is 44.0 Å². The van der Waals surface area contributed by atoms with Crippen LogP contribution in [-0.4, -0.2) is 48.9 Å². The maximum Gasteiger partial charge on any atom is 0.223 e. The number of amides is 1. The fourth-order valence-corrected chi connectivity index (χ4v) is 3.39. The fourth-order valence-electron chi connectivity index (χ4n) is 3.39. The molecule has 0 spiro atoms. The van der Waals surface area contributed by atoms with Gasteiger partial charge < -0.3 is 20.1 Å². The first kappa shape index (κ1) is 19.5.